The second kappa shape index (κ2) is 14.6. The first kappa shape index (κ1) is 31.7. The summed E-state index contributed by atoms with van der Waals surface area (Å²) in [6.45, 7) is 7.96. The molecular weight excluding hydrogens is 549 g/mol. The van der Waals surface area contributed by atoms with Crippen LogP contribution in [0.15, 0.2) is 42.5 Å². The minimum absolute atomic E-state index is 0.0328. The molecule has 0 aliphatic rings. The molecular formula is C27H37Cl2N3O5S. The second-order valence-corrected chi connectivity index (χ2v) is 11.8. The monoisotopic (exact) mass is 585 g/mol. The van der Waals surface area contributed by atoms with Crippen LogP contribution in [-0.2, 0) is 26.2 Å². The topological polar surface area (TPSA) is 96.0 Å². The molecule has 210 valence electrons. The molecule has 0 aliphatic carbocycles. The predicted molar refractivity (Wildman–Crippen MR) is 153 cm³/mol. The van der Waals surface area contributed by atoms with E-state index in [4.69, 9.17) is 27.9 Å². The first-order chi connectivity index (χ1) is 17.9. The summed E-state index contributed by atoms with van der Waals surface area (Å²) in [6.07, 6.45) is 2.15. The third-order valence-electron chi connectivity index (χ3n) is 6.09. The third kappa shape index (κ3) is 9.06. The van der Waals surface area contributed by atoms with Gasteiger partial charge in [0.1, 0.15) is 11.8 Å². The molecule has 0 saturated heterocycles. The van der Waals surface area contributed by atoms with Crippen LogP contribution >= 0.6 is 23.2 Å². The molecule has 2 aromatic carbocycles. The molecule has 0 aliphatic heterocycles. The van der Waals surface area contributed by atoms with Crippen LogP contribution in [0.3, 0.4) is 0 Å². The Labute approximate surface area is 236 Å². The molecule has 11 heteroatoms. The summed E-state index contributed by atoms with van der Waals surface area (Å²) in [5.74, 6) is -0.103. The van der Waals surface area contributed by atoms with Crippen molar-refractivity contribution in [2.45, 2.75) is 65.6 Å². The number of hydrogen-bond acceptors (Lipinski definition) is 5. The summed E-state index contributed by atoms with van der Waals surface area (Å²) in [5, 5.41) is 3.67. The Hall–Kier alpha value is -2.49. The van der Waals surface area contributed by atoms with Gasteiger partial charge in [0.05, 0.1) is 28.6 Å². The Bertz CT molecular complexity index is 1210. The van der Waals surface area contributed by atoms with Crippen molar-refractivity contribution < 1.29 is 22.7 Å². The van der Waals surface area contributed by atoms with E-state index in [2.05, 4.69) is 5.32 Å². The van der Waals surface area contributed by atoms with Crippen molar-refractivity contribution in [3.8, 4) is 5.75 Å². The molecule has 0 radical (unpaired) electrons. The lowest BCUT2D eigenvalue weighted by molar-refractivity contribution is -0.140. The van der Waals surface area contributed by atoms with Crippen molar-refractivity contribution in [1.29, 1.82) is 0 Å². The quantitative estimate of drug-likeness (QED) is 0.326. The van der Waals surface area contributed by atoms with Gasteiger partial charge >= 0.3 is 0 Å². The number of para-hydroxylation sites is 2. The Morgan fingerprint density at radius 1 is 1.05 bits per heavy atom. The standard InChI is InChI=1S/C27H37Cl2N3O5S/c1-6-19(3)30-27(34)20(4)31(18-21-14-15-22(28)23(29)17-21)26(33)13-10-16-32(38(5,35)36)24-11-8-9-12-25(24)37-7-2/h8-9,11-12,14-15,17,19-20H,6-7,10,13,16,18H2,1-5H3,(H,30,34)/t19-,20-/m0/s1. The van der Waals surface area contributed by atoms with Gasteiger partial charge in [-0.2, -0.15) is 0 Å². The van der Waals surface area contributed by atoms with Crippen molar-refractivity contribution in [3.05, 3.63) is 58.1 Å². The lowest BCUT2D eigenvalue weighted by Crippen LogP contribution is -2.49. The van der Waals surface area contributed by atoms with Crippen LogP contribution in [0.1, 0.15) is 52.5 Å². The van der Waals surface area contributed by atoms with E-state index in [1.54, 1.807) is 49.4 Å². The van der Waals surface area contributed by atoms with E-state index < -0.39 is 16.1 Å². The van der Waals surface area contributed by atoms with Crippen LogP contribution in [0.25, 0.3) is 0 Å². The van der Waals surface area contributed by atoms with Gasteiger partial charge in [0.2, 0.25) is 21.8 Å². The molecule has 2 atom stereocenters. The van der Waals surface area contributed by atoms with E-state index in [1.807, 2.05) is 20.8 Å². The molecule has 38 heavy (non-hydrogen) atoms. The molecule has 0 saturated carbocycles. The van der Waals surface area contributed by atoms with Gasteiger partial charge in [-0.3, -0.25) is 13.9 Å². The van der Waals surface area contributed by atoms with Gasteiger partial charge in [0.15, 0.2) is 0 Å². The van der Waals surface area contributed by atoms with Crippen LogP contribution in [0.2, 0.25) is 10.0 Å². The van der Waals surface area contributed by atoms with Crippen LogP contribution in [0.4, 0.5) is 5.69 Å². The fourth-order valence-electron chi connectivity index (χ4n) is 3.81. The molecule has 0 spiro atoms. The number of anilines is 1. The first-order valence-corrected chi connectivity index (χ1v) is 15.2. The molecule has 0 unspecified atom stereocenters. The van der Waals surface area contributed by atoms with E-state index in [9.17, 15) is 18.0 Å². The molecule has 2 rings (SSSR count). The van der Waals surface area contributed by atoms with E-state index in [0.29, 0.717) is 28.1 Å². The maximum atomic E-state index is 13.4. The van der Waals surface area contributed by atoms with E-state index in [0.717, 1.165) is 18.2 Å². The number of nitrogens with one attached hydrogen (secondary N) is 1. The average Bonchev–Trinajstić information content (AvgIpc) is 2.86. The van der Waals surface area contributed by atoms with E-state index in [1.165, 1.54) is 9.21 Å². The summed E-state index contributed by atoms with van der Waals surface area (Å²) in [7, 11) is -3.64. The largest absolute Gasteiger partial charge is 0.492 e. The number of hydrogen-bond donors (Lipinski definition) is 1. The van der Waals surface area contributed by atoms with Crippen LogP contribution in [0, 0.1) is 0 Å². The van der Waals surface area contributed by atoms with Crippen molar-refractivity contribution >= 4 is 50.7 Å². The Balaban J connectivity index is 2.24. The van der Waals surface area contributed by atoms with E-state index in [-0.39, 0.29) is 43.8 Å². The molecule has 1 N–H and O–H groups in total. The number of carbonyl (C=O) groups is 2. The molecule has 2 aromatic rings. The number of benzene rings is 2. The van der Waals surface area contributed by atoms with Gasteiger partial charge in [-0.05, 0) is 63.4 Å². The lowest BCUT2D eigenvalue weighted by Gasteiger charge is -2.30. The van der Waals surface area contributed by atoms with E-state index >= 15 is 0 Å². The average molecular weight is 587 g/mol. The molecule has 2 amide bonds. The minimum atomic E-state index is -3.64. The highest BCUT2D eigenvalue weighted by molar-refractivity contribution is 7.92. The number of sulfonamides is 1. The first-order valence-electron chi connectivity index (χ1n) is 12.6. The number of nitrogens with zero attached hydrogens (tertiary/aromatic N) is 2. The second-order valence-electron chi connectivity index (χ2n) is 9.10. The van der Waals surface area contributed by atoms with Crippen LogP contribution in [0.5, 0.6) is 5.75 Å². The molecule has 0 bridgehead atoms. The lowest BCUT2D eigenvalue weighted by atomic mass is 10.1. The minimum Gasteiger partial charge on any atom is -0.492 e. The molecule has 0 fully saturated rings. The molecule has 8 nitrogen and oxygen atoms in total. The van der Waals surface area contributed by atoms with Gasteiger partial charge in [0, 0.05) is 25.6 Å². The number of ether oxygens (including phenoxy) is 1. The predicted octanol–water partition coefficient (Wildman–Crippen LogP) is 5.27. The summed E-state index contributed by atoms with van der Waals surface area (Å²) in [4.78, 5) is 27.8. The highest BCUT2D eigenvalue weighted by Crippen LogP contribution is 2.30. The van der Waals surface area contributed by atoms with Crippen LogP contribution < -0.4 is 14.4 Å². The zero-order valence-electron chi connectivity index (χ0n) is 22.5. The van der Waals surface area contributed by atoms with Gasteiger partial charge < -0.3 is 15.0 Å². The number of carbonyl (C=O) groups excluding carboxylic acids is 2. The zero-order valence-corrected chi connectivity index (χ0v) is 24.9. The number of halogens is 2. The number of amides is 2. The summed E-state index contributed by atoms with van der Waals surface area (Å²) < 4.78 is 32.1. The Morgan fingerprint density at radius 3 is 2.34 bits per heavy atom. The number of rotatable bonds is 14. The SMILES string of the molecule is CCOc1ccccc1N(CCCC(=O)N(Cc1ccc(Cl)c(Cl)c1)[C@@H](C)C(=O)N[C@@H](C)CC)S(C)(=O)=O. The van der Waals surface area contributed by atoms with Crippen molar-refractivity contribution in [2.24, 2.45) is 0 Å². The van der Waals surface area contributed by atoms with Gasteiger partial charge in [-0.15, -0.1) is 0 Å². The normalized spacial score (nSPS) is 12.9. The summed E-state index contributed by atoms with van der Waals surface area (Å²) in [6, 6.07) is 11.2. The highest BCUT2D eigenvalue weighted by Gasteiger charge is 2.28. The van der Waals surface area contributed by atoms with Crippen LogP contribution in [-0.4, -0.2) is 56.6 Å². The summed E-state index contributed by atoms with van der Waals surface area (Å²) >= 11 is 12.2. The van der Waals surface area contributed by atoms with Gasteiger partial charge in [0.25, 0.3) is 0 Å². The fourth-order valence-corrected chi connectivity index (χ4v) is 5.10. The zero-order chi connectivity index (χ0) is 28.5. The maximum absolute atomic E-state index is 13.4. The summed E-state index contributed by atoms with van der Waals surface area (Å²) in [5.41, 5.74) is 1.14. The third-order valence-corrected chi connectivity index (χ3v) is 8.01. The molecule has 0 heterocycles. The van der Waals surface area contributed by atoms with Gasteiger partial charge in [-0.1, -0.05) is 48.3 Å². The van der Waals surface area contributed by atoms with Crippen molar-refractivity contribution in [3.63, 3.8) is 0 Å². The van der Waals surface area contributed by atoms with Gasteiger partial charge in [-0.25, -0.2) is 8.42 Å². The Kier molecular flexibility index (Phi) is 12.2. The van der Waals surface area contributed by atoms with Crippen molar-refractivity contribution in [1.82, 2.24) is 10.2 Å². The Morgan fingerprint density at radius 2 is 1.74 bits per heavy atom. The highest BCUT2D eigenvalue weighted by atomic mass is 35.5. The molecule has 0 aromatic heterocycles. The maximum Gasteiger partial charge on any atom is 0.242 e. The fraction of sp³-hybridized carbons (Fsp3) is 0.481. The smallest absolute Gasteiger partial charge is 0.242 e. The van der Waals surface area contributed by atoms with Crippen molar-refractivity contribution in [2.75, 3.05) is 23.7 Å².